The highest BCUT2D eigenvalue weighted by molar-refractivity contribution is 6.07. The summed E-state index contributed by atoms with van der Waals surface area (Å²) >= 11 is 0. The van der Waals surface area contributed by atoms with Crippen LogP contribution in [-0.4, -0.2) is 31.0 Å². The van der Waals surface area contributed by atoms with Crippen molar-refractivity contribution in [2.75, 3.05) is 19.0 Å². The van der Waals surface area contributed by atoms with Crippen LogP contribution in [0.1, 0.15) is 97.4 Å². The molecule has 0 spiro atoms. The summed E-state index contributed by atoms with van der Waals surface area (Å²) in [5, 5.41) is 9.15. The van der Waals surface area contributed by atoms with Crippen molar-refractivity contribution < 1.29 is 19.4 Å². The molecule has 0 amide bonds. The van der Waals surface area contributed by atoms with Crippen LogP contribution in [0.3, 0.4) is 0 Å². The first-order valence-corrected chi connectivity index (χ1v) is 13.8. The lowest BCUT2D eigenvalue weighted by atomic mass is 9.62. The summed E-state index contributed by atoms with van der Waals surface area (Å²) in [5.41, 5.74) is 5.23. The number of nitrogens with zero attached hydrogens (tertiary/aromatic N) is 1. The van der Waals surface area contributed by atoms with Gasteiger partial charge in [0, 0.05) is 30.9 Å². The van der Waals surface area contributed by atoms with Gasteiger partial charge in [0.05, 0.1) is 5.56 Å². The van der Waals surface area contributed by atoms with E-state index in [1.165, 1.54) is 17.7 Å². The van der Waals surface area contributed by atoms with Gasteiger partial charge in [0.1, 0.15) is 11.4 Å². The van der Waals surface area contributed by atoms with E-state index in [1.807, 2.05) is 26.2 Å². The Balaban J connectivity index is 1.76. The van der Waals surface area contributed by atoms with E-state index in [2.05, 4.69) is 70.7 Å². The van der Waals surface area contributed by atoms with Gasteiger partial charge in [0.25, 0.3) is 0 Å². The Kier molecular flexibility index (Phi) is 7.72. The number of hydrogen-bond acceptors (Lipinski definition) is 4. The first-order chi connectivity index (χ1) is 18.6. The van der Waals surface area contributed by atoms with E-state index in [0.717, 1.165) is 41.0 Å². The highest BCUT2D eigenvalue weighted by Gasteiger charge is 2.41. The van der Waals surface area contributed by atoms with Gasteiger partial charge in [-0.25, -0.2) is 4.79 Å². The van der Waals surface area contributed by atoms with Crippen molar-refractivity contribution in [1.82, 2.24) is 0 Å². The van der Waals surface area contributed by atoms with E-state index in [4.69, 9.17) is 9.84 Å². The predicted octanol–water partition coefficient (Wildman–Crippen LogP) is 8.01. The third-order valence-corrected chi connectivity index (χ3v) is 8.20. The number of fused-ring (bicyclic) bond motifs is 1. The van der Waals surface area contributed by atoms with Crippen molar-refractivity contribution in [2.45, 2.75) is 70.8 Å². The minimum absolute atomic E-state index is 0.103. The Bertz CT molecular complexity index is 1440. The molecule has 3 aromatic rings. The molecule has 1 aliphatic carbocycles. The van der Waals surface area contributed by atoms with Crippen LogP contribution in [0.2, 0.25) is 0 Å². The van der Waals surface area contributed by atoms with Crippen molar-refractivity contribution in [2.24, 2.45) is 0 Å². The van der Waals surface area contributed by atoms with Crippen LogP contribution in [0, 0.1) is 0 Å². The second-order valence-electron chi connectivity index (χ2n) is 12.8. The Morgan fingerprint density at radius 2 is 1.48 bits per heavy atom. The number of anilines is 1. The second-order valence-corrected chi connectivity index (χ2v) is 12.8. The smallest absolute Gasteiger partial charge is 0.335 e. The topological polar surface area (TPSA) is 66.8 Å². The summed E-state index contributed by atoms with van der Waals surface area (Å²) in [6.07, 6.45) is 5.32. The van der Waals surface area contributed by atoms with Gasteiger partial charge in [-0.2, -0.15) is 0 Å². The summed E-state index contributed by atoms with van der Waals surface area (Å²) in [4.78, 5) is 26.7. The number of ketones is 1. The Morgan fingerprint density at radius 1 is 0.875 bits per heavy atom. The molecule has 0 saturated carbocycles. The Morgan fingerprint density at radius 3 is 2.05 bits per heavy atom. The van der Waals surface area contributed by atoms with Crippen LogP contribution >= 0.6 is 0 Å². The molecular weight excluding hydrogens is 498 g/mol. The van der Waals surface area contributed by atoms with E-state index in [0.29, 0.717) is 5.56 Å². The number of allylic oxidation sites excluding steroid dienone is 1. The fourth-order valence-corrected chi connectivity index (χ4v) is 5.45. The molecule has 3 aromatic carbocycles. The van der Waals surface area contributed by atoms with E-state index >= 15 is 0 Å². The van der Waals surface area contributed by atoms with Crippen LogP contribution in [0.25, 0.3) is 6.08 Å². The molecule has 5 heteroatoms. The molecule has 0 fully saturated rings. The average molecular weight is 540 g/mol. The van der Waals surface area contributed by atoms with Crippen LogP contribution in [0.5, 0.6) is 5.75 Å². The van der Waals surface area contributed by atoms with Crippen molar-refractivity contribution in [3.63, 3.8) is 0 Å². The number of carboxylic acids is 1. The lowest BCUT2D eigenvalue weighted by molar-refractivity contribution is 0.0696. The van der Waals surface area contributed by atoms with Gasteiger partial charge in [-0.1, -0.05) is 58.0 Å². The first kappa shape index (κ1) is 29.1. The van der Waals surface area contributed by atoms with Crippen molar-refractivity contribution in [3.8, 4) is 5.75 Å². The third-order valence-electron chi connectivity index (χ3n) is 8.20. The zero-order chi connectivity index (χ0) is 29.5. The maximum atomic E-state index is 13.5. The molecule has 40 heavy (non-hydrogen) atoms. The summed E-state index contributed by atoms with van der Waals surface area (Å²) in [6.45, 7) is 13.1. The number of hydrogen-bond donors (Lipinski definition) is 1. The zero-order valence-corrected chi connectivity index (χ0v) is 25.0. The molecule has 0 aliphatic heterocycles. The molecule has 0 aromatic heterocycles. The maximum absolute atomic E-state index is 13.5. The molecule has 1 aliphatic rings. The molecule has 210 valence electrons. The van der Waals surface area contributed by atoms with Gasteiger partial charge in [0.15, 0.2) is 5.78 Å². The van der Waals surface area contributed by atoms with E-state index in [9.17, 15) is 9.59 Å². The molecular formula is C35H41NO4. The summed E-state index contributed by atoms with van der Waals surface area (Å²) in [7, 11) is 4.05. The average Bonchev–Trinajstić information content (AvgIpc) is 2.89. The quantitative estimate of drug-likeness (QED) is 0.232. The van der Waals surface area contributed by atoms with Gasteiger partial charge in [-0.3, -0.25) is 4.79 Å². The fraction of sp³-hybridized carbons (Fsp3) is 0.371. The number of aromatic carboxylic acids is 1. The van der Waals surface area contributed by atoms with Crippen molar-refractivity contribution >= 4 is 23.5 Å². The molecule has 0 bridgehead atoms. The molecule has 5 nitrogen and oxygen atoms in total. The van der Waals surface area contributed by atoms with E-state index < -0.39 is 11.6 Å². The second kappa shape index (κ2) is 10.6. The van der Waals surface area contributed by atoms with Crippen molar-refractivity contribution in [3.05, 3.63) is 100 Å². The van der Waals surface area contributed by atoms with Gasteiger partial charge >= 0.3 is 5.97 Å². The standard InChI is InChI=1S/C35H41NO4/c1-33(2)19-20-34(3,4)31-28(33)21-25(29(37)18-11-23-9-12-24(13-10-23)32(38)39)22-30(31)40-35(5,6)26-14-16-27(17-15-26)36(7)8/h9-18,21-22H,19-20H2,1-8H3,(H,38,39)/b18-11+. The lowest BCUT2D eigenvalue weighted by Gasteiger charge is -2.44. The normalized spacial score (nSPS) is 15.9. The molecule has 0 radical (unpaired) electrons. The number of carbonyl (C=O) groups excluding carboxylic acids is 1. The number of rotatable bonds is 8. The number of ether oxygens (including phenoxy) is 1. The van der Waals surface area contributed by atoms with Gasteiger partial charge in [-0.05, 0) is 96.7 Å². The molecule has 0 heterocycles. The molecule has 4 rings (SSSR count). The van der Waals surface area contributed by atoms with Crippen LogP contribution in [0.4, 0.5) is 5.69 Å². The van der Waals surface area contributed by atoms with Gasteiger partial charge in [-0.15, -0.1) is 0 Å². The van der Waals surface area contributed by atoms with E-state index in [-0.39, 0.29) is 22.2 Å². The predicted molar refractivity (Wildman–Crippen MR) is 163 cm³/mol. The Labute approximate surface area is 238 Å². The minimum Gasteiger partial charge on any atom is -0.483 e. The third kappa shape index (κ3) is 5.99. The van der Waals surface area contributed by atoms with E-state index in [1.54, 1.807) is 24.3 Å². The summed E-state index contributed by atoms with van der Waals surface area (Å²) < 4.78 is 6.86. The zero-order valence-electron chi connectivity index (χ0n) is 25.0. The highest BCUT2D eigenvalue weighted by Crippen LogP contribution is 2.51. The Hall–Kier alpha value is -3.86. The highest BCUT2D eigenvalue weighted by atomic mass is 16.5. The first-order valence-electron chi connectivity index (χ1n) is 13.8. The van der Waals surface area contributed by atoms with Gasteiger partial charge < -0.3 is 14.7 Å². The maximum Gasteiger partial charge on any atom is 0.335 e. The van der Waals surface area contributed by atoms with Gasteiger partial charge in [0.2, 0.25) is 0 Å². The number of benzene rings is 3. The fourth-order valence-electron chi connectivity index (χ4n) is 5.45. The van der Waals surface area contributed by atoms with Crippen LogP contribution < -0.4 is 9.64 Å². The number of carbonyl (C=O) groups is 2. The lowest BCUT2D eigenvalue weighted by Crippen LogP contribution is -2.36. The largest absolute Gasteiger partial charge is 0.483 e. The minimum atomic E-state index is -0.977. The molecule has 1 N–H and O–H groups in total. The SMILES string of the molecule is CN(C)c1ccc(C(C)(C)Oc2cc(C(=O)/C=C/c3ccc(C(=O)O)cc3)cc3c2C(C)(C)CCC3(C)C)cc1. The molecule has 0 unspecified atom stereocenters. The molecule has 0 saturated heterocycles. The molecule has 0 atom stereocenters. The summed E-state index contributed by atoms with van der Waals surface area (Å²) in [5.74, 6) is -0.350. The van der Waals surface area contributed by atoms with Crippen LogP contribution in [0.15, 0.2) is 66.7 Å². The monoisotopic (exact) mass is 539 g/mol. The summed E-state index contributed by atoms with van der Waals surface area (Å²) in [6, 6.07) is 18.8. The van der Waals surface area contributed by atoms with Crippen LogP contribution in [-0.2, 0) is 16.4 Å². The van der Waals surface area contributed by atoms with Crippen molar-refractivity contribution in [1.29, 1.82) is 0 Å². The number of carboxylic acid groups (broad SMARTS) is 1.